The molecule has 0 saturated carbocycles. The fourth-order valence-electron chi connectivity index (χ4n) is 2.22. The molecule has 1 heterocycles. The van der Waals surface area contributed by atoms with Crippen molar-refractivity contribution < 1.29 is 5.11 Å². The van der Waals surface area contributed by atoms with E-state index in [-0.39, 0.29) is 0 Å². The predicted molar refractivity (Wildman–Crippen MR) is 82.1 cm³/mol. The zero-order chi connectivity index (χ0) is 13.0. The third kappa shape index (κ3) is 3.98. The molecule has 1 aromatic rings. The van der Waals surface area contributed by atoms with Crippen molar-refractivity contribution in [3.05, 3.63) is 33.8 Å². The average Bonchev–Trinajstić information content (AvgIpc) is 2.33. The fourth-order valence-corrected chi connectivity index (χ4v) is 3.94. The van der Waals surface area contributed by atoms with E-state index in [2.05, 4.69) is 46.4 Å². The Kier molecular flexibility index (Phi) is 5.13. The second-order valence-electron chi connectivity index (χ2n) is 5.01. The van der Waals surface area contributed by atoms with Crippen LogP contribution in [0.3, 0.4) is 0 Å². The van der Waals surface area contributed by atoms with Crippen molar-refractivity contribution in [2.24, 2.45) is 0 Å². The van der Waals surface area contributed by atoms with Crippen molar-refractivity contribution >= 4 is 27.7 Å². The molecule has 18 heavy (non-hydrogen) atoms. The van der Waals surface area contributed by atoms with Crippen LogP contribution < -0.4 is 5.32 Å². The topological polar surface area (TPSA) is 32.3 Å². The molecule has 1 aliphatic rings. The van der Waals surface area contributed by atoms with Crippen LogP contribution in [0.1, 0.15) is 24.0 Å². The molecule has 0 aromatic heterocycles. The predicted octanol–water partition coefficient (Wildman–Crippen LogP) is 3.11. The third-order valence-corrected chi connectivity index (χ3v) is 4.98. The lowest BCUT2D eigenvalue weighted by molar-refractivity contribution is 0.0320. The van der Waals surface area contributed by atoms with Gasteiger partial charge in [-0.1, -0.05) is 22.0 Å². The van der Waals surface area contributed by atoms with Gasteiger partial charge in [-0.25, -0.2) is 0 Å². The Labute approximate surface area is 122 Å². The number of hydrogen-bond donors (Lipinski definition) is 2. The summed E-state index contributed by atoms with van der Waals surface area (Å²) in [5.41, 5.74) is 2.09. The van der Waals surface area contributed by atoms with Crippen LogP contribution >= 0.6 is 27.7 Å². The van der Waals surface area contributed by atoms with E-state index in [1.807, 2.05) is 11.8 Å². The summed E-state index contributed by atoms with van der Waals surface area (Å²) in [6, 6.07) is 6.33. The number of hydrogen-bond acceptors (Lipinski definition) is 3. The molecule has 100 valence electrons. The molecule has 1 fully saturated rings. The number of nitrogens with one attached hydrogen (secondary N) is 1. The van der Waals surface area contributed by atoms with E-state index in [4.69, 9.17) is 0 Å². The number of rotatable bonds is 4. The quantitative estimate of drug-likeness (QED) is 0.890. The third-order valence-electron chi connectivity index (χ3n) is 3.50. The molecule has 2 nitrogen and oxygen atoms in total. The Morgan fingerprint density at radius 1 is 1.39 bits per heavy atom. The summed E-state index contributed by atoms with van der Waals surface area (Å²) in [6.07, 6.45) is 1.81. The number of aliphatic hydroxyl groups is 1. The van der Waals surface area contributed by atoms with E-state index < -0.39 is 5.60 Å². The Morgan fingerprint density at radius 3 is 2.78 bits per heavy atom. The highest BCUT2D eigenvalue weighted by molar-refractivity contribution is 9.10. The lowest BCUT2D eigenvalue weighted by Crippen LogP contribution is -2.43. The fraction of sp³-hybridized carbons (Fsp3) is 0.571. The van der Waals surface area contributed by atoms with E-state index >= 15 is 0 Å². The van der Waals surface area contributed by atoms with Crippen LogP contribution in [0.5, 0.6) is 0 Å². The molecule has 0 radical (unpaired) electrons. The molecule has 0 aliphatic carbocycles. The van der Waals surface area contributed by atoms with Crippen LogP contribution in [0, 0.1) is 6.92 Å². The van der Waals surface area contributed by atoms with Gasteiger partial charge in [-0.05, 0) is 54.5 Å². The van der Waals surface area contributed by atoms with Crippen LogP contribution in [-0.2, 0) is 6.54 Å². The van der Waals surface area contributed by atoms with Gasteiger partial charge in [0.25, 0.3) is 0 Å². The summed E-state index contributed by atoms with van der Waals surface area (Å²) in [5.74, 6) is 2.16. The first-order chi connectivity index (χ1) is 8.59. The second kappa shape index (κ2) is 6.42. The normalized spacial score (nSPS) is 18.8. The van der Waals surface area contributed by atoms with Crippen molar-refractivity contribution in [2.75, 3.05) is 18.1 Å². The largest absolute Gasteiger partial charge is 0.389 e. The van der Waals surface area contributed by atoms with Gasteiger partial charge in [0, 0.05) is 17.6 Å². The van der Waals surface area contributed by atoms with Crippen LogP contribution in [0.4, 0.5) is 0 Å². The molecule has 0 atom stereocenters. The lowest BCUT2D eigenvalue weighted by atomic mass is 9.96. The van der Waals surface area contributed by atoms with Gasteiger partial charge in [0.15, 0.2) is 0 Å². The highest BCUT2D eigenvalue weighted by Crippen LogP contribution is 2.26. The van der Waals surface area contributed by atoms with E-state index in [0.717, 1.165) is 35.4 Å². The minimum Gasteiger partial charge on any atom is -0.389 e. The van der Waals surface area contributed by atoms with E-state index in [1.54, 1.807) is 0 Å². The second-order valence-corrected chi connectivity index (χ2v) is 7.15. The average molecular weight is 330 g/mol. The minimum absolute atomic E-state index is 0.492. The first-order valence-corrected chi connectivity index (χ1v) is 8.30. The first kappa shape index (κ1) is 14.4. The van der Waals surface area contributed by atoms with Gasteiger partial charge in [0.1, 0.15) is 0 Å². The number of aryl methyl sites for hydroxylation is 1. The molecule has 1 saturated heterocycles. The summed E-state index contributed by atoms with van der Waals surface area (Å²) in [4.78, 5) is 0. The summed E-state index contributed by atoms with van der Waals surface area (Å²) >= 11 is 5.41. The Morgan fingerprint density at radius 2 is 2.11 bits per heavy atom. The van der Waals surface area contributed by atoms with Crippen molar-refractivity contribution in [1.29, 1.82) is 0 Å². The molecule has 0 bridgehead atoms. The maximum absolute atomic E-state index is 10.4. The van der Waals surface area contributed by atoms with Crippen LogP contribution in [0.15, 0.2) is 22.7 Å². The maximum atomic E-state index is 10.4. The molecule has 2 N–H and O–H groups in total. The number of halogens is 1. The van der Waals surface area contributed by atoms with Crippen molar-refractivity contribution in [1.82, 2.24) is 5.32 Å². The first-order valence-electron chi connectivity index (χ1n) is 6.35. The highest BCUT2D eigenvalue weighted by atomic mass is 79.9. The summed E-state index contributed by atoms with van der Waals surface area (Å²) in [6.45, 7) is 3.64. The van der Waals surface area contributed by atoms with E-state index in [0.29, 0.717) is 6.54 Å². The van der Waals surface area contributed by atoms with Gasteiger partial charge in [0.2, 0.25) is 0 Å². The molecule has 4 heteroatoms. The van der Waals surface area contributed by atoms with Gasteiger partial charge in [-0.15, -0.1) is 0 Å². The molecule has 0 amide bonds. The molecule has 2 rings (SSSR count). The van der Waals surface area contributed by atoms with Crippen molar-refractivity contribution in [3.8, 4) is 0 Å². The molecule has 1 aliphatic heterocycles. The van der Waals surface area contributed by atoms with Crippen molar-refractivity contribution in [3.63, 3.8) is 0 Å². The number of benzene rings is 1. The zero-order valence-corrected chi connectivity index (χ0v) is 13.1. The van der Waals surface area contributed by atoms with Gasteiger partial charge < -0.3 is 10.4 Å². The van der Waals surface area contributed by atoms with Crippen LogP contribution in [0.2, 0.25) is 0 Å². The van der Waals surface area contributed by atoms with E-state index in [1.165, 1.54) is 11.1 Å². The van der Waals surface area contributed by atoms with Crippen molar-refractivity contribution in [2.45, 2.75) is 31.9 Å². The van der Waals surface area contributed by atoms with Crippen LogP contribution in [0.25, 0.3) is 0 Å². The number of thioether (sulfide) groups is 1. The maximum Gasteiger partial charge on any atom is 0.0787 e. The molecular weight excluding hydrogens is 310 g/mol. The van der Waals surface area contributed by atoms with Gasteiger partial charge in [-0.3, -0.25) is 0 Å². The van der Waals surface area contributed by atoms with Crippen LogP contribution in [-0.4, -0.2) is 28.8 Å². The highest BCUT2D eigenvalue weighted by Gasteiger charge is 2.28. The van der Waals surface area contributed by atoms with E-state index in [9.17, 15) is 5.11 Å². The Balaban J connectivity index is 1.84. The zero-order valence-electron chi connectivity index (χ0n) is 10.7. The molecular formula is C14H20BrNOS. The van der Waals surface area contributed by atoms with Gasteiger partial charge in [-0.2, -0.15) is 11.8 Å². The SMILES string of the molecule is Cc1cc(Br)ccc1CNCC1(O)CCSCC1. The molecule has 0 unspecified atom stereocenters. The summed E-state index contributed by atoms with van der Waals surface area (Å²) in [7, 11) is 0. The Bertz CT molecular complexity index is 405. The molecule has 0 spiro atoms. The minimum atomic E-state index is -0.492. The Hall–Kier alpha value is -0.0300. The summed E-state index contributed by atoms with van der Waals surface area (Å²) < 4.78 is 1.12. The van der Waals surface area contributed by atoms with Gasteiger partial charge in [0.05, 0.1) is 5.60 Å². The summed E-state index contributed by atoms with van der Waals surface area (Å²) in [5, 5.41) is 13.8. The monoisotopic (exact) mass is 329 g/mol. The molecule has 1 aromatic carbocycles. The standard InChI is InChI=1S/C14H20BrNOS/c1-11-8-13(15)3-2-12(11)9-16-10-14(17)4-6-18-7-5-14/h2-3,8,16-17H,4-7,9-10H2,1H3. The lowest BCUT2D eigenvalue weighted by Gasteiger charge is -2.32. The van der Waals surface area contributed by atoms with Gasteiger partial charge >= 0.3 is 0 Å². The smallest absolute Gasteiger partial charge is 0.0787 e.